The molecule has 0 fully saturated rings. The van der Waals surface area contributed by atoms with Crippen molar-refractivity contribution in [2.24, 2.45) is 5.11 Å². The first-order valence-corrected chi connectivity index (χ1v) is 3.57. The van der Waals surface area contributed by atoms with Gasteiger partial charge in [0.15, 0.2) is 17.3 Å². The summed E-state index contributed by atoms with van der Waals surface area (Å²) in [6.07, 6.45) is 0. The van der Waals surface area contributed by atoms with E-state index in [1.54, 1.807) is 0 Å². The van der Waals surface area contributed by atoms with Gasteiger partial charge in [-0.15, -0.1) is 0 Å². The molecule has 0 spiro atoms. The smallest absolute Gasteiger partial charge is 0.333 e. The number of anilines is 1. The van der Waals surface area contributed by atoms with Crippen LogP contribution in [0.4, 0.5) is 30.2 Å². The van der Waals surface area contributed by atoms with Crippen molar-refractivity contribution in [1.82, 2.24) is 0 Å². The van der Waals surface area contributed by atoms with Gasteiger partial charge in [0.1, 0.15) is 5.69 Å². The number of nitro benzene ring substituents is 1. The molecule has 0 aliphatic carbocycles. The molecule has 0 aliphatic heterocycles. The Morgan fingerprint density at radius 1 is 1.31 bits per heavy atom. The van der Waals surface area contributed by atoms with Gasteiger partial charge in [-0.3, -0.25) is 10.1 Å². The predicted molar refractivity (Wildman–Crippen MR) is 46.2 cm³/mol. The summed E-state index contributed by atoms with van der Waals surface area (Å²) in [6, 6.07) is 0. The molecule has 0 heterocycles. The summed E-state index contributed by atoms with van der Waals surface area (Å²) in [6.45, 7) is 0. The zero-order valence-corrected chi connectivity index (χ0v) is 7.32. The molecule has 0 saturated heterocycles. The summed E-state index contributed by atoms with van der Waals surface area (Å²) < 4.78 is 39.2. The van der Waals surface area contributed by atoms with Crippen molar-refractivity contribution >= 4 is 17.1 Å². The molecule has 0 aromatic heterocycles. The molecule has 0 amide bonds. The van der Waals surface area contributed by atoms with Crippen LogP contribution < -0.4 is 5.73 Å². The third-order valence-corrected chi connectivity index (χ3v) is 1.64. The second kappa shape index (κ2) is 3.95. The van der Waals surface area contributed by atoms with Crippen molar-refractivity contribution < 1.29 is 18.1 Å². The van der Waals surface area contributed by atoms with Gasteiger partial charge in [0.05, 0.1) is 4.92 Å². The Kier molecular flexibility index (Phi) is 2.86. The number of nitro groups is 1. The topological polar surface area (TPSA) is 118 Å². The van der Waals surface area contributed by atoms with E-state index in [2.05, 4.69) is 5.11 Å². The predicted octanol–water partition coefficient (Wildman–Crippen LogP) is 2.54. The summed E-state index contributed by atoms with van der Waals surface area (Å²) in [4.78, 5) is 10.9. The first kappa shape index (κ1) is 11.6. The zero-order valence-electron chi connectivity index (χ0n) is 7.32. The van der Waals surface area contributed by atoms with Crippen LogP contribution in [0.25, 0.3) is 10.4 Å². The van der Waals surface area contributed by atoms with E-state index >= 15 is 0 Å². The number of hydrogen-bond donors (Lipinski definition) is 1. The van der Waals surface area contributed by atoms with Gasteiger partial charge in [0, 0.05) is 4.91 Å². The highest BCUT2D eigenvalue weighted by Crippen LogP contribution is 2.37. The normalized spacial score (nSPS) is 9.69. The minimum Gasteiger partial charge on any atom is -0.391 e. The van der Waals surface area contributed by atoms with Crippen molar-refractivity contribution in [3.8, 4) is 0 Å². The van der Waals surface area contributed by atoms with Crippen LogP contribution >= 0.6 is 0 Å². The van der Waals surface area contributed by atoms with Crippen LogP contribution in [0.1, 0.15) is 0 Å². The van der Waals surface area contributed by atoms with Crippen molar-refractivity contribution in [3.63, 3.8) is 0 Å². The highest BCUT2D eigenvalue weighted by Gasteiger charge is 2.30. The molecule has 0 aliphatic rings. The number of nitrogen functional groups attached to an aromatic ring is 1. The monoisotopic (exact) mass is 233 g/mol. The maximum Gasteiger partial charge on any atom is 0.333 e. The average Bonchev–Trinajstić information content (AvgIpc) is 2.21. The Hall–Kier alpha value is -2.48. The Labute approximate surface area is 85.1 Å². The largest absolute Gasteiger partial charge is 0.391 e. The van der Waals surface area contributed by atoms with Crippen LogP contribution in [-0.4, -0.2) is 4.92 Å². The number of halogens is 3. The number of azide groups is 1. The van der Waals surface area contributed by atoms with Crippen molar-refractivity contribution in [2.45, 2.75) is 0 Å². The summed E-state index contributed by atoms with van der Waals surface area (Å²) in [5.74, 6) is -5.62. The quantitative estimate of drug-likeness (QED) is 0.161. The molecule has 2 N–H and O–H groups in total. The second-order valence-electron chi connectivity index (χ2n) is 2.50. The average molecular weight is 233 g/mol. The van der Waals surface area contributed by atoms with Crippen molar-refractivity contribution in [2.75, 3.05) is 5.73 Å². The van der Waals surface area contributed by atoms with Crippen LogP contribution in [-0.2, 0) is 0 Å². The van der Waals surface area contributed by atoms with Crippen LogP contribution in [0.2, 0.25) is 0 Å². The fourth-order valence-corrected chi connectivity index (χ4v) is 0.965. The van der Waals surface area contributed by atoms with Crippen molar-refractivity contribution in [3.05, 3.63) is 38.0 Å². The number of rotatable bonds is 2. The van der Waals surface area contributed by atoms with E-state index in [4.69, 9.17) is 11.3 Å². The molecule has 1 rings (SSSR count). The molecule has 7 nitrogen and oxygen atoms in total. The summed E-state index contributed by atoms with van der Waals surface area (Å²) >= 11 is 0. The Morgan fingerprint density at radius 3 is 2.31 bits per heavy atom. The summed E-state index contributed by atoms with van der Waals surface area (Å²) in [5.41, 5.74) is 8.72. The second-order valence-corrected chi connectivity index (χ2v) is 2.50. The lowest BCUT2D eigenvalue weighted by Gasteiger charge is -2.04. The van der Waals surface area contributed by atoms with Gasteiger partial charge in [-0.2, -0.15) is 4.39 Å². The molecular weight excluding hydrogens is 231 g/mol. The molecule has 0 atom stereocenters. The van der Waals surface area contributed by atoms with E-state index < -0.39 is 39.4 Å². The fraction of sp³-hybridized carbons (Fsp3) is 0. The Bertz CT molecular complexity index is 463. The van der Waals surface area contributed by atoms with Crippen molar-refractivity contribution in [1.29, 1.82) is 0 Å². The Morgan fingerprint density at radius 2 is 1.88 bits per heavy atom. The van der Waals surface area contributed by atoms with Gasteiger partial charge in [-0.1, -0.05) is 5.11 Å². The van der Waals surface area contributed by atoms with E-state index in [1.165, 1.54) is 0 Å². The molecule has 10 heteroatoms. The fourth-order valence-electron chi connectivity index (χ4n) is 0.965. The lowest BCUT2D eigenvalue weighted by atomic mass is 10.2. The van der Waals surface area contributed by atoms with Gasteiger partial charge in [0.2, 0.25) is 5.82 Å². The van der Waals surface area contributed by atoms with Gasteiger partial charge < -0.3 is 5.73 Å². The van der Waals surface area contributed by atoms with Crippen LogP contribution in [0.5, 0.6) is 0 Å². The molecule has 16 heavy (non-hydrogen) atoms. The van der Waals surface area contributed by atoms with E-state index in [0.717, 1.165) is 0 Å². The SMILES string of the molecule is [N-]=[N+]=Nc1c(F)c(N)c([N+](=O)[O-])c(F)c1F. The zero-order chi connectivity index (χ0) is 12.5. The minimum atomic E-state index is -1.98. The van der Waals surface area contributed by atoms with Gasteiger partial charge in [0.25, 0.3) is 0 Å². The molecule has 0 saturated carbocycles. The van der Waals surface area contributed by atoms with E-state index in [-0.39, 0.29) is 0 Å². The highest BCUT2D eigenvalue weighted by atomic mass is 19.2. The summed E-state index contributed by atoms with van der Waals surface area (Å²) in [7, 11) is 0. The number of nitrogens with two attached hydrogens (primary N) is 1. The van der Waals surface area contributed by atoms with Crippen LogP contribution in [0.15, 0.2) is 5.11 Å². The maximum absolute atomic E-state index is 13.1. The first-order valence-electron chi connectivity index (χ1n) is 3.57. The van der Waals surface area contributed by atoms with Gasteiger partial charge in [-0.25, -0.2) is 8.78 Å². The minimum absolute atomic E-state index is 1.23. The molecule has 0 bridgehead atoms. The standard InChI is InChI=1S/C6H2F3N5O2/c7-1-2(8)6(14(15)16)4(10)3(9)5(1)12-13-11/h10H2. The summed E-state index contributed by atoms with van der Waals surface area (Å²) in [5, 5.41) is 12.8. The molecule has 1 aromatic carbocycles. The lowest BCUT2D eigenvalue weighted by Crippen LogP contribution is -2.04. The molecular formula is C6H2F3N5O2. The van der Waals surface area contributed by atoms with E-state index in [0.29, 0.717) is 0 Å². The van der Waals surface area contributed by atoms with Gasteiger partial charge >= 0.3 is 5.69 Å². The number of benzene rings is 1. The van der Waals surface area contributed by atoms with Gasteiger partial charge in [-0.05, 0) is 5.53 Å². The molecule has 84 valence electrons. The molecule has 1 aromatic rings. The van der Waals surface area contributed by atoms with Crippen LogP contribution in [0, 0.1) is 27.6 Å². The number of hydrogen-bond acceptors (Lipinski definition) is 4. The third-order valence-electron chi connectivity index (χ3n) is 1.64. The number of nitrogens with zero attached hydrogens (tertiary/aromatic N) is 4. The Balaban J connectivity index is 3.76. The molecule has 0 unspecified atom stereocenters. The third kappa shape index (κ3) is 1.57. The lowest BCUT2D eigenvalue weighted by molar-refractivity contribution is -0.386. The van der Waals surface area contributed by atoms with Crippen LogP contribution in [0.3, 0.4) is 0 Å². The first-order chi connectivity index (χ1) is 7.41. The van der Waals surface area contributed by atoms with E-state index in [1.807, 2.05) is 4.91 Å². The maximum atomic E-state index is 13.1. The molecule has 0 radical (unpaired) electrons. The highest BCUT2D eigenvalue weighted by molar-refractivity contribution is 5.67. The van der Waals surface area contributed by atoms with E-state index in [9.17, 15) is 23.3 Å².